The summed E-state index contributed by atoms with van der Waals surface area (Å²) in [5, 5.41) is 4.49. The van der Waals surface area contributed by atoms with Gasteiger partial charge in [-0.2, -0.15) is 0 Å². The number of nitrogens with zero attached hydrogens (tertiary/aromatic N) is 1. The molecule has 0 atom stereocenters. The molecule has 0 N–H and O–H groups in total. The van der Waals surface area contributed by atoms with Crippen LogP contribution in [0.15, 0.2) is 64.0 Å². The molecule has 4 aromatic rings. The van der Waals surface area contributed by atoms with E-state index >= 15 is 0 Å². The van der Waals surface area contributed by atoms with Gasteiger partial charge in [-0.05, 0) is 22.9 Å². The van der Waals surface area contributed by atoms with Crippen molar-refractivity contribution in [3.8, 4) is 0 Å². The Kier molecular flexibility index (Phi) is 2.79. The number of carbonyl (C=O) groups is 1. The van der Waals surface area contributed by atoms with Gasteiger partial charge in [-0.25, -0.2) is 4.99 Å². The molecule has 0 aliphatic rings. The van der Waals surface area contributed by atoms with Crippen LogP contribution in [-0.4, -0.2) is 12.1 Å². The summed E-state index contributed by atoms with van der Waals surface area (Å²) in [4.78, 5) is 14.9. The van der Waals surface area contributed by atoms with Crippen molar-refractivity contribution >= 4 is 44.8 Å². The van der Waals surface area contributed by atoms with E-state index < -0.39 is 0 Å². The van der Waals surface area contributed by atoms with Crippen molar-refractivity contribution < 1.29 is 9.21 Å². The number of carbonyl (C=O) groups excluding carboxylic acids is 1. The van der Waals surface area contributed by atoms with E-state index in [1.807, 2.05) is 36.4 Å². The number of fused-ring (bicyclic) bond motifs is 5. The van der Waals surface area contributed by atoms with Crippen LogP contribution in [0.5, 0.6) is 0 Å². The summed E-state index contributed by atoms with van der Waals surface area (Å²) in [5.74, 6) is -0.224. The fraction of sp³-hybridized carbons (Fsp3) is 0.0526. The highest BCUT2D eigenvalue weighted by atomic mass is 16.3. The van der Waals surface area contributed by atoms with Gasteiger partial charge < -0.3 is 4.42 Å². The van der Waals surface area contributed by atoms with E-state index in [-0.39, 0.29) is 5.91 Å². The van der Waals surface area contributed by atoms with Crippen LogP contribution in [0, 0.1) is 0 Å². The Bertz CT molecular complexity index is 1060. The molecule has 0 saturated carbocycles. The number of para-hydroxylation sites is 1. The lowest BCUT2D eigenvalue weighted by molar-refractivity contribution is -0.115. The molecule has 0 radical (unpaired) electrons. The van der Waals surface area contributed by atoms with E-state index in [4.69, 9.17) is 4.42 Å². The maximum absolute atomic E-state index is 11.1. The standard InChI is InChI=1S/C19H13NO2/c1-12(21)20-11-14-6-4-8-16-18-15-7-3-2-5-13(15)9-10-17(18)22-19(14)16/h2-11H,1H3/b20-11+. The van der Waals surface area contributed by atoms with Gasteiger partial charge in [0.05, 0.1) is 0 Å². The summed E-state index contributed by atoms with van der Waals surface area (Å²) < 4.78 is 6.02. The summed E-state index contributed by atoms with van der Waals surface area (Å²) in [6.45, 7) is 1.43. The van der Waals surface area contributed by atoms with Crippen LogP contribution in [0.1, 0.15) is 12.5 Å². The maximum Gasteiger partial charge on any atom is 0.242 e. The molecular formula is C19H13NO2. The van der Waals surface area contributed by atoms with Gasteiger partial charge in [-0.15, -0.1) is 0 Å². The number of rotatable bonds is 1. The second kappa shape index (κ2) is 4.81. The predicted octanol–water partition coefficient (Wildman–Crippen LogP) is 4.70. The van der Waals surface area contributed by atoms with Crippen LogP contribution in [0.25, 0.3) is 32.7 Å². The van der Waals surface area contributed by atoms with Crippen LogP contribution in [0.2, 0.25) is 0 Å². The van der Waals surface area contributed by atoms with E-state index in [1.165, 1.54) is 17.7 Å². The third kappa shape index (κ3) is 1.91. The molecule has 1 amide bonds. The van der Waals surface area contributed by atoms with Gasteiger partial charge in [-0.3, -0.25) is 4.79 Å². The molecule has 1 aromatic heterocycles. The lowest BCUT2D eigenvalue weighted by atomic mass is 10.0. The molecule has 106 valence electrons. The number of amides is 1. The molecule has 4 rings (SSSR count). The summed E-state index contributed by atoms with van der Waals surface area (Å²) in [5.41, 5.74) is 2.42. The predicted molar refractivity (Wildman–Crippen MR) is 89.5 cm³/mol. The first kappa shape index (κ1) is 12.8. The summed E-state index contributed by atoms with van der Waals surface area (Å²) >= 11 is 0. The smallest absolute Gasteiger partial charge is 0.242 e. The third-order valence-electron chi connectivity index (χ3n) is 3.80. The second-order valence-electron chi connectivity index (χ2n) is 5.26. The van der Waals surface area contributed by atoms with E-state index in [0.717, 1.165) is 27.5 Å². The average Bonchev–Trinajstić information content (AvgIpc) is 2.92. The quantitative estimate of drug-likeness (QED) is 0.476. The van der Waals surface area contributed by atoms with Crippen LogP contribution in [-0.2, 0) is 4.79 Å². The number of furan rings is 1. The Hall–Kier alpha value is -2.94. The van der Waals surface area contributed by atoms with Gasteiger partial charge >= 0.3 is 0 Å². The Morgan fingerprint density at radius 1 is 1.00 bits per heavy atom. The molecule has 3 nitrogen and oxygen atoms in total. The van der Waals surface area contributed by atoms with Crippen molar-refractivity contribution in [2.45, 2.75) is 6.92 Å². The molecule has 0 bridgehead atoms. The largest absolute Gasteiger partial charge is 0.455 e. The molecule has 0 saturated heterocycles. The average molecular weight is 287 g/mol. The summed E-state index contributed by atoms with van der Waals surface area (Å²) in [7, 11) is 0. The highest BCUT2D eigenvalue weighted by molar-refractivity contribution is 6.20. The minimum absolute atomic E-state index is 0.224. The van der Waals surface area contributed by atoms with Gasteiger partial charge in [0, 0.05) is 29.5 Å². The lowest BCUT2D eigenvalue weighted by Gasteiger charge is -1.98. The van der Waals surface area contributed by atoms with Crippen LogP contribution in [0.4, 0.5) is 0 Å². The van der Waals surface area contributed by atoms with Crippen LogP contribution >= 0.6 is 0 Å². The molecule has 0 aliphatic heterocycles. The number of aliphatic imine (C=N–C) groups is 1. The zero-order valence-corrected chi connectivity index (χ0v) is 12.0. The van der Waals surface area contributed by atoms with E-state index in [1.54, 1.807) is 6.21 Å². The first-order valence-electron chi connectivity index (χ1n) is 7.11. The molecule has 3 aromatic carbocycles. The van der Waals surface area contributed by atoms with Crippen molar-refractivity contribution in [1.82, 2.24) is 0 Å². The van der Waals surface area contributed by atoms with Crippen molar-refractivity contribution in [2.24, 2.45) is 4.99 Å². The number of benzene rings is 3. The van der Waals surface area contributed by atoms with E-state index in [2.05, 4.69) is 23.2 Å². The zero-order valence-electron chi connectivity index (χ0n) is 12.0. The van der Waals surface area contributed by atoms with Crippen molar-refractivity contribution in [1.29, 1.82) is 0 Å². The van der Waals surface area contributed by atoms with Gasteiger partial charge in [0.2, 0.25) is 5.91 Å². The third-order valence-corrected chi connectivity index (χ3v) is 3.80. The second-order valence-corrected chi connectivity index (χ2v) is 5.26. The summed E-state index contributed by atoms with van der Waals surface area (Å²) in [6.07, 6.45) is 1.56. The van der Waals surface area contributed by atoms with Gasteiger partial charge in [0.15, 0.2) is 0 Å². The Balaban J connectivity index is 2.12. The van der Waals surface area contributed by atoms with Crippen LogP contribution < -0.4 is 0 Å². The van der Waals surface area contributed by atoms with E-state index in [0.29, 0.717) is 0 Å². The van der Waals surface area contributed by atoms with Gasteiger partial charge in [0.1, 0.15) is 11.2 Å². The Morgan fingerprint density at radius 3 is 2.68 bits per heavy atom. The normalized spacial score (nSPS) is 11.9. The fourth-order valence-electron chi connectivity index (χ4n) is 2.85. The van der Waals surface area contributed by atoms with Gasteiger partial charge in [0.25, 0.3) is 0 Å². The lowest BCUT2D eigenvalue weighted by Crippen LogP contribution is -1.87. The van der Waals surface area contributed by atoms with Gasteiger partial charge in [-0.1, -0.05) is 42.5 Å². The van der Waals surface area contributed by atoms with Crippen LogP contribution in [0.3, 0.4) is 0 Å². The molecule has 0 spiro atoms. The SMILES string of the molecule is CC(=O)/N=C/c1cccc2c1oc1ccc3ccccc3c12. The molecule has 1 heterocycles. The van der Waals surface area contributed by atoms with E-state index in [9.17, 15) is 4.79 Å². The molecule has 0 unspecified atom stereocenters. The first-order valence-corrected chi connectivity index (χ1v) is 7.11. The number of hydrogen-bond acceptors (Lipinski definition) is 2. The fourth-order valence-corrected chi connectivity index (χ4v) is 2.85. The molecule has 22 heavy (non-hydrogen) atoms. The minimum Gasteiger partial charge on any atom is -0.455 e. The van der Waals surface area contributed by atoms with Crippen molar-refractivity contribution in [2.75, 3.05) is 0 Å². The topological polar surface area (TPSA) is 42.6 Å². The van der Waals surface area contributed by atoms with Crippen molar-refractivity contribution in [3.05, 3.63) is 60.2 Å². The Labute approximate surface area is 126 Å². The highest BCUT2D eigenvalue weighted by Gasteiger charge is 2.12. The first-order chi connectivity index (χ1) is 10.7. The molecule has 0 fully saturated rings. The minimum atomic E-state index is -0.224. The molecule has 0 aliphatic carbocycles. The van der Waals surface area contributed by atoms with Crippen molar-refractivity contribution in [3.63, 3.8) is 0 Å². The molecule has 3 heteroatoms. The zero-order chi connectivity index (χ0) is 15.1. The maximum atomic E-state index is 11.1. The Morgan fingerprint density at radius 2 is 1.82 bits per heavy atom. The molecular weight excluding hydrogens is 274 g/mol. The number of hydrogen-bond donors (Lipinski definition) is 0. The monoisotopic (exact) mass is 287 g/mol. The summed E-state index contributed by atoms with van der Waals surface area (Å²) in [6, 6.07) is 18.2. The highest BCUT2D eigenvalue weighted by Crippen LogP contribution is 2.35.